The fourth-order valence-electron chi connectivity index (χ4n) is 3.46. The Bertz CT molecular complexity index is 372. The van der Waals surface area contributed by atoms with Crippen LogP contribution in [0.25, 0.3) is 0 Å². The number of hydrogen-bond donors (Lipinski definition) is 0. The third-order valence-electron chi connectivity index (χ3n) is 5.39. The van der Waals surface area contributed by atoms with E-state index in [1.807, 2.05) is 0 Å². The minimum atomic E-state index is -2.64. The van der Waals surface area contributed by atoms with Crippen molar-refractivity contribution < 1.29 is 87.1 Å². The smallest absolute Gasteiger partial charge is 0.566 e. The van der Waals surface area contributed by atoms with E-state index < -0.39 is 16.5 Å². The fourth-order valence-corrected chi connectivity index (χ4v) is 4.01. The van der Waals surface area contributed by atoms with Crippen molar-refractivity contribution in [3.05, 3.63) is 0 Å². The van der Waals surface area contributed by atoms with Gasteiger partial charge in [-0.05, 0) is 22.0 Å². The zero-order chi connectivity index (χ0) is 24.1. The number of hydrogen-bond acceptors (Lipinski definition) is 6. The Morgan fingerprint density at radius 3 is 0.853 bits per heavy atom. The maximum absolute atomic E-state index is 10.1. The van der Waals surface area contributed by atoms with Gasteiger partial charge in [0.05, 0.1) is 0 Å². The van der Waals surface area contributed by atoms with Gasteiger partial charge in [-0.3, -0.25) is 0 Å². The molecule has 0 aliphatic carbocycles. The molecule has 0 heterocycles. The summed E-state index contributed by atoms with van der Waals surface area (Å²) >= 11 is 0. The van der Waals surface area contributed by atoms with E-state index in [0.29, 0.717) is 13.2 Å². The van der Waals surface area contributed by atoms with Crippen LogP contribution >= 0.6 is 16.5 Å². The van der Waals surface area contributed by atoms with Crippen molar-refractivity contribution in [1.82, 2.24) is 0 Å². The molecule has 0 aliphatic rings. The van der Waals surface area contributed by atoms with Crippen molar-refractivity contribution >= 4 is 16.5 Å². The quantitative estimate of drug-likeness (QED) is 0.105. The average Bonchev–Trinajstić information content (AvgIpc) is 2.76. The summed E-state index contributed by atoms with van der Waals surface area (Å²) in [4.78, 5) is 20.1. The van der Waals surface area contributed by atoms with Gasteiger partial charge in [-0.2, -0.15) is 0 Å². The minimum absolute atomic E-state index is 0. The summed E-state index contributed by atoms with van der Waals surface area (Å²) in [5.41, 5.74) is 0. The summed E-state index contributed by atoms with van der Waals surface area (Å²) < 4.78 is 29.1. The van der Waals surface area contributed by atoms with Gasteiger partial charge >= 0.3 is 75.6 Å². The zero-order valence-electron chi connectivity index (χ0n) is 22.9. The second-order valence-corrected chi connectivity index (χ2v) is 9.89. The third-order valence-corrected chi connectivity index (χ3v) is 6.18. The number of unbranched alkanes of at least 4 members (excludes halogenated alkanes) is 18. The van der Waals surface area contributed by atoms with Crippen molar-refractivity contribution in [2.45, 2.75) is 142 Å². The van der Waals surface area contributed by atoms with E-state index in [4.69, 9.17) is 0 Å². The van der Waals surface area contributed by atoms with Crippen LogP contribution in [-0.2, 0) is 18.2 Å². The summed E-state index contributed by atoms with van der Waals surface area (Å²) in [5, 5.41) is 0. The molecule has 0 fully saturated rings. The minimum Gasteiger partial charge on any atom is -0.566 e. The molecule has 0 radical (unpaired) electrons. The van der Waals surface area contributed by atoms with Crippen LogP contribution in [0, 0.1) is 0 Å². The van der Waals surface area contributed by atoms with E-state index in [1.165, 1.54) is 103 Å². The third kappa shape index (κ3) is 47.3. The molecular formula is C24H50Na2O6P2+2. The van der Waals surface area contributed by atoms with Crippen LogP contribution in [0.1, 0.15) is 142 Å². The maximum atomic E-state index is 10.1. The summed E-state index contributed by atoms with van der Waals surface area (Å²) in [6.07, 6.45) is 25.0. The summed E-state index contributed by atoms with van der Waals surface area (Å²) in [7, 11) is -5.27. The SMILES string of the molecule is CCCCCCCCCCCCO[P+](=O)[O-].CCCCCCCCCCCCO[P+](=O)[O-].[Na+].[Na+]. The molecule has 0 rings (SSSR count). The van der Waals surface area contributed by atoms with Crippen LogP contribution in [0.15, 0.2) is 0 Å². The Morgan fingerprint density at radius 1 is 0.441 bits per heavy atom. The van der Waals surface area contributed by atoms with E-state index in [-0.39, 0.29) is 59.1 Å². The molecule has 192 valence electrons. The Hall–Kier alpha value is 2.04. The van der Waals surface area contributed by atoms with Crippen molar-refractivity contribution in [2.24, 2.45) is 0 Å². The predicted molar refractivity (Wildman–Crippen MR) is 131 cm³/mol. The molecule has 0 aromatic carbocycles. The van der Waals surface area contributed by atoms with E-state index >= 15 is 0 Å². The van der Waals surface area contributed by atoms with Crippen molar-refractivity contribution in [2.75, 3.05) is 13.2 Å². The van der Waals surface area contributed by atoms with Crippen LogP contribution in [0.3, 0.4) is 0 Å². The van der Waals surface area contributed by atoms with Crippen LogP contribution in [0.4, 0.5) is 0 Å². The molecule has 2 atom stereocenters. The van der Waals surface area contributed by atoms with Gasteiger partial charge in [0.25, 0.3) is 0 Å². The molecular weight excluding hydrogens is 492 g/mol. The largest absolute Gasteiger partial charge is 1.00 e. The monoisotopic (exact) mass is 542 g/mol. The number of rotatable bonds is 24. The van der Waals surface area contributed by atoms with E-state index in [2.05, 4.69) is 22.9 Å². The van der Waals surface area contributed by atoms with Crippen LogP contribution in [-0.4, -0.2) is 13.2 Å². The topological polar surface area (TPSA) is 98.7 Å². The van der Waals surface area contributed by atoms with Gasteiger partial charge < -0.3 is 9.79 Å². The molecule has 34 heavy (non-hydrogen) atoms. The Balaban J connectivity index is -0.000000250. The fraction of sp³-hybridized carbons (Fsp3) is 1.00. The summed E-state index contributed by atoms with van der Waals surface area (Å²) in [5.74, 6) is 0. The Morgan fingerprint density at radius 2 is 0.647 bits per heavy atom. The van der Waals surface area contributed by atoms with Crippen molar-refractivity contribution in [1.29, 1.82) is 0 Å². The summed E-state index contributed by atoms with van der Waals surface area (Å²) in [6, 6.07) is 0. The molecule has 0 N–H and O–H groups in total. The zero-order valence-corrected chi connectivity index (χ0v) is 28.7. The molecule has 0 saturated heterocycles. The molecule has 10 heteroatoms. The molecule has 0 aromatic heterocycles. The van der Waals surface area contributed by atoms with E-state index in [0.717, 1.165) is 25.7 Å². The molecule has 0 aromatic rings. The van der Waals surface area contributed by atoms with Gasteiger partial charge in [0.1, 0.15) is 13.2 Å². The second kappa shape index (κ2) is 39.6. The van der Waals surface area contributed by atoms with Crippen LogP contribution in [0.2, 0.25) is 0 Å². The Labute approximate surface area is 257 Å². The maximum Gasteiger partial charge on any atom is 1.00 e. The summed E-state index contributed by atoms with van der Waals surface area (Å²) in [6.45, 7) is 5.18. The predicted octanol–water partition coefficient (Wildman–Crippen LogP) is 1.89. The van der Waals surface area contributed by atoms with Gasteiger partial charge in [-0.15, -0.1) is 9.05 Å². The van der Waals surface area contributed by atoms with Crippen molar-refractivity contribution in [3.63, 3.8) is 0 Å². The van der Waals surface area contributed by atoms with Gasteiger partial charge in [-0.1, -0.05) is 129 Å². The van der Waals surface area contributed by atoms with Gasteiger partial charge in [0.2, 0.25) is 0 Å². The first-order valence-corrected chi connectivity index (χ1v) is 15.3. The van der Waals surface area contributed by atoms with E-state index in [1.54, 1.807) is 0 Å². The Kier molecular flexibility index (Phi) is 50.1. The van der Waals surface area contributed by atoms with Gasteiger partial charge in [-0.25, -0.2) is 0 Å². The van der Waals surface area contributed by atoms with Crippen LogP contribution in [0.5, 0.6) is 0 Å². The molecule has 0 aliphatic heterocycles. The molecule has 0 saturated carbocycles. The normalized spacial score (nSPS) is 11.1. The molecule has 0 spiro atoms. The second-order valence-electron chi connectivity index (χ2n) is 8.48. The first kappa shape index (κ1) is 43.1. The van der Waals surface area contributed by atoms with Crippen LogP contribution < -0.4 is 68.9 Å². The molecule has 2 unspecified atom stereocenters. The molecule has 0 bridgehead atoms. The first-order chi connectivity index (χ1) is 15.5. The van der Waals surface area contributed by atoms with Gasteiger partial charge in [0, 0.05) is 0 Å². The first-order valence-electron chi connectivity index (χ1n) is 13.1. The van der Waals surface area contributed by atoms with E-state index in [9.17, 15) is 18.9 Å². The van der Waals surface area contributed by atoms with Gasteiger partial charge in [0.15, 0.2) is 0 Å². The molecule has 0 amide bonds. The average molecular weight is 543 g/mol. The molecule has 6 nitrogen and oxygen atoms in total. The van der Waals surface area contributed by atoms with Crippen molar-refractivity contribution in [3.8, 4) is 0 Å². The standard InChI is InChI=1S/2C12H25O3P.2Na/c2*1-2-3-4-5-6-7-8-9-10-11-12-15-16(13)14;;/h2*2-12H2,1H3;;/q;;2*+1.